The third kappa shape index (κ3) is 5.95. The molecule has 4 aromatic heterocycles. The maximum atomic E-state index is 13.2. The number of fused-ring (bicyclic) bond motifs is 1. The molecule has 198 valence electrons. The minimum absolute atomic E-state index is 0.232. The van der Waals surface area contributed by atoms with Gasteiger partial charge in [0.05, 0.1) is 5.69 Å². The standard InChI is InChI=1S/C27H31F2N9/c1-19(31-10-5-12-37-16-14-36(2)15-17-37)20-18-30-11-9-21(20)33-27-24-8-4-13-38(24)35-26(34-27)23-7-3-6-22(32-23)25(28)29/h3-4,6-9,11,13,18,25,31H,1,5,10,12,14-17H2,2H3,(H,30,33,34,35). The molecule has 38 heavy (non-hydrogen) atoms. The van der Waals surface area contributed by atoms with Gasteiger partial charge in [-0.3, -0.25) is 4.98 Å². The fraction of sp³-hybridized carbons (Fsp3) is 0.333. The normalized spacial score (nSPS) is 14.7. The van der Waals surface area contributed by atoms with Crippen molar-refractivity contribution in [2.45, 2.75) is 12.8 Å². The van der Waals surface area contributed by atoms with Gasteiger partial charge in [-0.1, -0.05) is 12.6 Å². The Labute approximate surface area is 220 Å². The molecule has 0 unspecified atom stereocenters. The van der Waals surface area contributed by atoms with Crippen molar-refractivity contribution < 1.29 is 8.78 Å². The van der Waals surface area contributed by atoms with Crippen LogP contribution in [0.2, 0.25) is 0 Å². The Morgan fingerprint density at radius 3 is 2.74 bits per heavy atom. The Bertz CT molecular complexity index is 1400. The van der Waals surface area contributed by atoms with Gasteiger partial charge in [-0.2, -0.15) is 0 Å². The van der Waals surface area contributed by atoms with Crippen molar-refractivity contribution in [1.29, 1.82) is 0 Å². The minimum atomic E-state index is -2.68. The molecule has 0 bridgehead atoms. The number of pyridine rings is 2. The Hall–Kier alpha value is -3.96. The van der Waals surface area contributed by atoms with Gasteiger partial charge >= 0.3 is 0 Å². The second-order valence-electron chi connectivity index (χ2n) is 9.32. The zero-order valence-electron chi connectivity index (χ0n) is 21.3. The van der Waals surface area contributed by atoms with Crippen LogP contribution in [0.1, 0.15) is 24.1 Å². The van der Waals surface area contributed by atoms with Gasteiger partial charge in [-0.05, 0) is 50.3 Å². The summed E-state index contributed by atoms with van der Waals surface area (Å²) in [4.78, 5) is 17.8. The summed E-state index contributed by atoms with van der Waals surface area (Å²) >= 11 is 0. The average Bonchev–Trinajstić information content (AvgIpc) is 3.41. The molecule has 1 aliphatic rings. The van der Waals surface area contributed by atoms with Crippen LogP contribution in [0, 0.1) is 0 Å². The highest BCUT2D eigenvalue weighted by molar-refractivity contribution is 5.81. The molecule has 1 aliphatic heterocycles. The van der Waals surface area contributed by atoms with Gasteiger partial charge < -0.3 is 20.4 Å². The predicted molar refractivity (Wildman–Crippen MR) is 144 cm³/mol. The van der Waals surface area contributed by atoms with Crippen LogP contribution < -0.4 is 10.6 Å². The van der Waals surface area contributed by atoms with Crippen molar-refractivity contribution in [3.05, 3.63) is 72.8 Å². The van der Waals surface area contributed by atoms with Crippen LogP contribution in [-0.4, -0.2) is 80.7 Å². The molecule has 5 rings (SSSR count). The van der Waals surface area contributed by atoms with Crippen LogP contribution in [0.15, 0.2) is 61.6 Å². The lowest BCUT2D eigenvalue weighted by Gasteiger charge is -2.32. The van der Waals surface area contributed by atoms with E-state index in [9.17, 15) is 8.78 Å². The first-order valence-corrected chi connectivity index (χ1v) is 12.6. The summed E-state index contributed by atoms with van der Waals surface area (Å²) in [6.45, 7) is 10.5. The molecule has 11 heteroatoms. The van der Waals surface area contributed by atoms with Gasteiger partial charge in [0.25, 0.3) is 6.43 Å². The molecule has 0 atom stereocenters. The Morgan fingerprint density at radius 1 is 1.08 bits per heavy atom. The number of halogens is 2. The summed E-state index contributed by atoms with van der Waals surface area (Å²) in [5, 5.41) is 11.3. The highest BCUT2D eigenvalue weighted by Crippen LogP contribution is 2.28. The SMILES string of the molecule is C=C(NCCCN1CCN(C)CC1)c1cnccc1Nc1nc(-c2cccc(C(F)F)n2)nn2cccc12. The molecule has 0 saturated carbocycles. The van der Waals surface area contributed by atoms with Crippen LogP contribution in [0.5, 0.6) is 0 Å². The Balaban J connectivity index is 1.32. The van der Waals surface area contributed by atoms with Gasteiger partial charge in [0.15, 0.2) is 5.82 Å². The number of aromatic nitrogens is 5. The fourth-order valence-electron chi connectivity index (χ4n) is 4.41. The largest absolute Gasteiger partial charge is 0.385 e. The lowest BCUT2D eigenvalue weighted by molar-refractivity contribution is 0.146. The average molecular weight is 520 g/mol. The zero-order valence-corrected chi connectivity index (χ0v) is 21.3. The Kier molecular flexibility index (Phi) is 7.85. The molecule has 0 aliphatic carbocycles. The van der Waals surface area contributed by atoms with Crippen molar-refractivity contribution in [2.24, 2.45) is 0 Å². The lowest BCUT2D eigenvalue weighted by Crippen LogP contribution is -2.45. The first-order chi connectivity index (χ1) is 18.5. The Morgan fingerprint density at radius 2 is 1.92 bits per heavy atom. The second-order valence-corrected chi connectivity index (χ2v) is 9.32. The molecule has 0 amide bonds. The van der Waals surface area contributed by atoms with E-state index in [2.05, 4.69) is 54.1 Å². The molecule has 0 aromatic carbocycles. The van der Waals surface area contributed by atoms with Gasteiger partial charge in [-0.25, -0.2) is 23.3 Å². The van der Waals surface area contributed by atoms with Gasteiger partial charge in [0.2, 0.25) is 5.82 Å². The van der Waals surface area contributed by atoms with Crippen LogP contribution in [0.3, 0.4) is 0 Å². The van der Waals surface area contributed by atoms with Crippen molar-refractivity contribution in [3.8, 4) is 11.5 Å². The summed E-state index contributed by atoms with van der Waals surface area (Å²) in [7, 11) is 2.16. The van der Waals surface area contributed by atoms with E-state index in [1.165, 1.54) is 12.1 Å². The van der Waals surface area contributed by atoms with Crippen molar-refractivity contribution >= 4 is 22.7 Å². The lowest BCUT2D eigenvalue weighted by atomic mass is 10.1. The first-order valence-electron chi connectivity index (χ1n) is 12.6. The molecule has 4 aromatic rings. The molecule has 9 nitrogen and oxygen atoms in total. The summed E-state index contributed by atoms with van der Waals surface area (Å²) in [6, 6.07) is 10.0. The van der Waals surface area contributed by atoms with E-state index in [0.717, 1.165) is 68.2 Å². The number of rotatable bonds is 10. The van der Waals surface area contributed by atoms with E-state index in [0.29, 0.717) is 5.82 Å². The highest BCUT2D eigenvalue weighted by Gasteiger charge is 2.16. The van der Waals surface area contributed by atoms with Crippen molar-refractivity contribution in [1.82, 2.24) is 39.7 Å². The zero-order chi connectivity index (χ0) is 26.5. The smallest absolute Gasteiger partial charge is 0.280 e. The number of nitrogens with zero attached hydrogens (tertiary/aromatic N) is 7. The molecule has 2 N–H and O–H groups in total. The maximum absolute atomic E-state index is 13.2. The third-order valence-corrected chi connectivity index (χ3v) is 6.60. The van der Waals surface area contributed by atoms with E-state index in [1.54, 1.807) is 29.2 Å². The van der Waals surface area contributed by atoms with Crippen LogP contribution >= 0.6 is 0 Å². The molecular formula is C27H31F2N9. The minimum Gasteiger partial charge on any atom is -0.385 e. The highest BCUT2D eigenvalue weighted by atomic mass is 19.3. The number of hydrogen-bond donors (Lipinski definition) is 2. The monoisotopic (exact) mass is 519 g/mol. The number of anilines is 2. The van der Waals surface area contributed by atoms with Gasteiger partial charge in [0, 0.05) is 62.6 Å². The molecule has 0 radical (unpaired) electrons. The quantitative estimate of drug-likeness (QED) is 0.304. The topological polar surface area (TPSA) is 86.5 Å². The summed E-state index contributed by atoms with van der Waals surface area (Å²) < 4.78 is 28.1. The van der Waals surface area contributed by atoms with E-state index < -0.39 is 6.43 Å². The first kappa shape index (κ1) is 25.7. The number of likely N-dealkylation sites (N-methyl/N-ethyl adjacent to an activating group) is 1. The van der Waals surface area contributed by atoms with E-state index >= 15 is 0 Å². The molecule has 5 heterocycles. The number of piperazine rings is 1. The van der Waals surface area contributed by atoms with Crippen LogP contribution in [0.25, 0.3) is 22.7 Å². The second kappa shape index (κ2) is 11.6. The van der Waals surface area contributed by atoms with E-state index in [-0.39, 0.29) is 17.2 Å². The summed E-state index contributed by atoms with van der Waals surface area (Å²) in [5.41, 5.74) is 3.01. The number of nitrogens with one attached hydrogen (secondary N) is 2. The van der Waals surface area contributed by atoms with Crippen LogP contribution in [-0.2, 0) is 0 Å². The molecule has 0 spiro atoms. The number of hydrogen-bond acceptors (Lipinski definition) is 8. The third-order valence-electron chi connectivity index (χ3n) is 6.60. The van der Waals surface area contributed by atoms with Crippen molar-refractivity contribution in [2.75, 3.05) is 51.6 Å². The van der Waals surface area contributed by atoms with Crippen LogP contribution in [0.4, 0.5) is 20.3 Å². The number of alkyl halides is 2. The summed E-state index contributed by atoms with van der Waals surface area (Å²) in [6.07, 6.45) is 3.55. The van der Waals surface area contributed by atoms with Gasteiger partial charge in [-0.15, -0.1) is 5.10 Å². The maximum Gasteiger partial charge on any atom is 0.280 e. The van der Waals surface area contributed by atoms with E-state index in [1.807, 2.05) is 18.2 Å². The van der Waals surface area contributed by atoms with E-state index in [4.69, 9.17) is 0 Å². The van der Waals surface area contributed by atoms with Crippen molar-refractivity contribution in [3.63, 3.8) is 0 Å². The summed E-state index contributed by atoms with van der Waals surface area (Å²) in [5.74, 6) is 0.745. The predicted octanol–water partition coefficient (Wildman–Crippen LogP) is 4.07. The molecule has 1 saturated heterocycles. The fourth-order valence-corrected chi connectivity index (χ4v) is 4.41. The molecule has 1 fully saturated rings. The van der Waals surface area contributed by atoms with Gasteiger partial charge in [0.1, 0.15) is 16.9 Å². The molecular weight excluding hydrogens is 488 g/mol.